The van der Waals surface area contributed by atoms with Crippen molar-refractivity contribution in [2.75, 3.05) is 5.32 Å². The van der Waals surface area contributed by atoms with E-state index in [2.05, 4.69) is 10.3 Å². The van der Waals surface area contributed by atoms with E-state index >= 15 is 0 Å². The minimum Gasteiger partial charge on any atom is -0.327 e. The van der Waals surface area contributed by atoms with Crippen LogP contribution in [0.15, 0.2) is 12.3 Å². The van der Waals surface area contributed by atoms with Crippen LogP contribution in [0.4, 0.5) is 5.69 Å². The number of hydrogen-bond acceptors (Lipinski definition) is 3. The quantitative estimate of drug-likeness (QED) is 0.829. The van der Waals surface area contributed by atoms with Crippen LogP contribution in [0, 0.1) is 12.3 Å². The predicted molar refractivity (Wildman–Crippen MR) is 74.7 cm³/mol. The second-order valence-electron chi connectivity index (χ2n) is 5.58. The monoisotopic (exact) mass is 269 g/mol. The van der Waals surface area contributed by atoms with Crippen LogP contribution in [0.3, 0.4) is 0 Å². The number of aryl methyl sites for hydroxylation is 1. The summed E-state index contributed by atoms with van der Waals surface area (Å²) in [5, 5.41) is 3.03. The summed E-state index contributed by atoms with van der Waals surface area (Å²) in [5.41, 5.74) is 7.33. The molecule has 0 saturated heterocycles. The molecule has 1 rings (SSSR count). The molecule has 0 aliphatic carbocycles. The lowest BCUT2D eigenvalue weighted by Gasteiger charge is -2.26. The molecule has 1 aromatic rings. The zero-order valence-corrected chi connectivity index (χ0v) is 12.0. The van der Waals surface area contributed by atoms with Gasteiger partial charge in [0.1, 0.15) is 0 Å². The molecule has 4 nitrogen and oxygen atoms in total. The van der Waals surface area contributed by atoms with E-state index in [0.29, 0.717) is 10.8 Å². The minimum absolute atomic E-state index is 0.105. The van der Waals surface area contributed by atoms with Gasteiger partial charge in [0.25, 0.3) is 0 Å². The minimum atomic E-state index is -0.200. The van der Waals surface area contributed by atoms with Gasteiger partial charge in [-0.1, -0.05) is 32.4 Å². The molecule has 0 aliphatic rings. The summed E-state index contributed by atoms with van der Waals surface area (Å²) in [6.07, 6.45) is 1.91. The Bertz CT molecular complexity index is 440. The molecular formula is C13H20ClN3O. The lowest BCUT2D eigenvalue weighted by molar-refractivity contribution is -0.117. The largest absolute Gasteiger partial charge is 0.327 e. The number of anilines is 1. The fraction of sp³-hybridized carbons (Fsp3) is 0.538. The number of nitrogens with zero attached hydrogens (tertiary/aromatic N) is 1. The summed E-state index contributed by atoms with van der Waals surface area (Å²) >= 11 is 5.91. The number of halogens is 1. The number of pyridine rings is 1. The van der Waals surface area contributed by atoms with E-state index in [4.69, 9.17) is 17.3 Å². The van der Waals surface area contributed by atoms with Crippen LogP contribution in [0.5, 0.6) is 0 Å². The zero-order chi connectivity index (χ0) is 13.9. The Hall–Kier alpha value is -1.13. The van der Waals surface area contributed by atoms with Crippen molar-refractivity contribution in [3.8, 4) is 0 Å². The molecule has 18 heavy (non-hydrogen) atoms. The molecule has 1 atom stereocenters. The SMILES string of the molecule is Cc1cnc(Cl)c(NC(=O)CC(N)C(C)(C)C)c1. The molecule has 0 bridgehead atoms. The number of amides is 1. The van der Waals surface area contributed by atoms with Crippen molar-refractivity contribution < 1.29 is 4.79 Å². The summed E-state index contributed by atoms with van der Waals surface area (Å²) in [6, 6.07) is 1.59. The second kappa shape index (κ2) is 5.67. The second-order valence-corrected chi connectivity index (χ2v) is 5.93. The Morgan fingerprint density at radius 1 is 1.56 bits per heavy atom. The van der Waals surface area contributed by atoms with Gasteiger partial charge >= 0.3 is 0 Å². The zero-order valence-electron chi connectivity index (χ0n) is 11.2. The smallest absolute Gasteiger partial charge is 0.226 e. The molecule has 1 aromatic heterocycles. The van der Waals surface area contributed by atoms with Crippen molar-refractivity contribution in [3.63, 3.8) is 0 Å². The van der Waals surface area contributed by atoms with Gasteiger partial charge in [0, 0.05) is 18.7 Å². The van der Waals surface area contributed by atoms with E-state index in [1.807, 2.05) is 27.7 Å². The van der Waals surface area contributed by atoms with Crippen LogP contribution in [0.1, 0.15) is 32.8 Å². The van der Waals surface area contributed by atoms with E-state index in [0.717, 1.165) is 5.56 Å². The van der Waals surface area contributed by atoms with E-state index < -0.39 is 0 Å². The Balaban J connectivity index is 2.68. The highest BCUT2D eigenvalue weighted by Crippen LogP contribution is 2.22. The number of nitrogens with one attached hydrogen (secondary N) is 1. The maximum Gasteiger partial charge on any atom is 0.226 e. The van der Waals surface area contributed by atoms with Crippen LogP contribution >= 0.6 is 11.6 Å². The molecule has 1 unspecified atom stereocenters. The van der Waals surface area contributed by atoms with E-state index in [1.165, 1.54) is 0 Å². The Kier molecular flexibility index (Phi) is 4.71. The molecule has 5 heteroatoms. The Morgan fingerprint density at radius 3 is 2.72 bits per heavy atom. The Labute approximate surface area is 113 Å². The molecule has 1 amide bonds. The van der Waals surface area contributed by atoms with E-state index in [1.54, 1.807) is 12.3 Å². The fourth-order valence-corrected chi connectivity index (χ4v) is 1.50. The number of aromatic nitrogens is 1. The van der Waals surface area contributed by atoms with Gasteiger partial charge in [-0.3, -0.25) is 4.79 Å². The average molecular weight is 270 g/mol. The molecule has 0 aliphatic heterocycles. The number of carbonyl (C=O) groups is 1. The number of hydrogen-bond donors (Lipinski definition) is 2. The lowest BCUT2D eigenvalue weighted by Crippen LogP contribution is -2.38. The van der Waals surface area contributed by atoms with Crippen molar-refractivity contribution in [2.45, 2.75) is 40.2 Å². The van der Waals surface area contributed by atoms with Crippen molar-refractivity contribution in [1.82, 2.24) is 4.98 Å². The van der Waals surface area contributed by atoms with Crippen molar-refractivity contribution in [2.24, 2.45) is 11.1 Å². The van der Waals surface area contributed by atoms with Gasteiger partial charge in [-0.15, -0.1) is 0 Å². The summed E-state index contributed by atoms with van der Waals surface area (Å²) in [7, 11) is 0. The predicted octanol–water partition coefficient (Wildman–Crippen LogP) is 2.75. The van der Waals surface area contributed by atoms with Gasteiger partial charge in [-0.25, -0.2) is 4.98 Å². The van der Waals surface area contributed by atoms with Gasteiger partial charge in [0.05, 0.1) is 5.69 Å². The number of rotatable bonds is 3. The summed E-state index contributed by atoms with van der Waals surface area (Å²) < 4.78 is 0. The third-order valence-electron chi connectivity index (χ3n) is 2.77. The van der Waals surface area contributed by atoms with E-state index in [-0.39, 0.29) is 23.8 Å². The van der Waals surface area contributed by atoms with Gasteiger partial charge < -0.3 is 11.1 Å². The van der Waals surface area contributed by atoms with E-state index in [9.17, 15) is 4.79 Å². The van der Waals surface area contributed by atoms with Gasteiger partial charge in [0.2, 0.25) is 5.91 Å². The number of carbonyl (C=O) groups excluding carboxylic acids is 1. The third-order valence-corrected chi connectivity index (χ3v) is 3.07. The molecular weight excluding hydrogens is 250 g/mol. The molecule has 3 N–H and O–H groups in total. The first-order valence-electron chi connectivity index (χ1n) is 5.87. The molecule has 1 heterocycles. The third kappa shape index (κ3) is 4.27. The molecule has 0 saturated carbocycles. The Morgan fingerprint density at radius 2 is 2.17 bits per heavy atom. The van der Waals surface area contributed by atoms with Crippen LogP contribution in [0.25, 0.3) is 0 Å². The first kappa shape index (κ1) is 14.9. The molecule has 100 valence electrons. The van der Waals surface area contributed by atoms with Crippen LogP contribution in [-0.4, -0.2) is 16.9 Å². The van der Waals surface area contributed by atoms with Crippen molar-refractivity contribution >= 4 is 23.2 Å². The maximum absolute atomic E-state index is 11.9. The van der Waals surface area contributed by atoms with Crippen molar-refractivity contribution in [3.05, 3.63) is 23.0 Å². The fourth-order valence-electron chi connectivity index (χ4n) is 1.35. The first-order chi connectivity index (χ1) is 8.20. The van der Waals surface area contributed by atoms with Crippen LogP contribution in [-0.2, 0) is 4.79 Å². The highest BCUT2D eigenvalue weighted by atomic mass is 35.5. The summed E-state index contributed by atoms with van der Waals surface area (Å²) in [4.78, 5) is 15.8. The lowest BCUT2D eigenvalue weighted by atomic mass is 9.85. The molecule has 0 radical (unpaired) electrons. The normalized spacial score (nSPS) is 13.2. The van der Waals surface area contributed by atoms with Gasteiger partial charge in [-0.05, 0) is 24.0 Å². The molecule has 0 fully saturated rings. The van der Waals surface area contributed by atoms with Gasteiger partial charge in [-0.2, -0.15) is 0 Å². The van der Waals surface area contributed by atoms with Crippen LogP contribution in [0.2, 0.25) is 5.15 Å². The highest BCUT2D eigenvalue weighted by molar-refractivity contribution is 6.32. The number of nitrogens with two attached hydrogens (primary N) is 1. The standard InChI is InChI=1S/C13H20ClN3O/c1-8-5-9(12(14)16-7-8)17-11(18)6-10(15)13(2,3)4/h5,7,10H,6,15H2,1-4H3,(H,17,18). The highest BCUT2D eigenvalue weighted by Gasteiger charge is 2.23. The van der Waals surface area contributed by atoms with Gasteiger partial charge in [0.15, 0.2) is 5.15 Å². The van der Waals surface area contributed by atoms with Crippen LogP contribution < -0.4 is 11.1 Å². The summed E-state index contributed by atoms with van der Waals surface area (Å²) in [6.45, 7) is 7.91. The topological polar surface area (TPSA) is 68.0 Å². The maximum atomic E-state index is 11.9. The van der Waals surface area contributed by atoms with Crippen molar-refractivity contribution in [1.29, 1.82) is 0 Å². The summed E-state index contributed by atoms with van der Waals surface area (Å²) in [5.74, 6) is -0.147. The first-order valence-corrected chi connectivity index (χ1v) is 6.25. The molecule has 0 spiro atoms. The average Bonchev–Trinajstić information content (AvgIpc) is 2.22. The molecule has 0 aromatic carbocycles.